The Balaban J connectivity index is 1.56. The molecule has 2 heterocycles. The van der Waals surface area contributed by atoms with Crippen LogP contribution in [0.25, 0.3) is 0 Å². The highest BCUT2D eigenvalue weighted by atomic mass is 19.3. The van der Waals surface area contributed by atoms with Crippen molar-refractivity contribution in [2.75, 3.05) is 17.2 Å². The Morgan fingerprint density at radius 2 is 1.92 bits per heavy atom. The van der Waals surface area contributed by atoms with Crippen molar-refractivity contribution < 1.29 is 27.6 Å². The number of carbonyl (C=O) groups is 1. The molecule has 0 atom stereocenters. The quantitative estimate of drug-likeness (QED) is 0.877. The van der Waals surface area contributed by atoms with E-state index in [1.165, 1.54) is 18.2 Å². The van der Waals surface area contributed by atoms with Crippen LogP contribution in [0, 0.1) is 0 Å². The van der Waals surface area contributed by atoms with Crippen LogP contribution in [0.4, 0.5) is 20.4 Å². The summed E-state index contributed by atoms with van der Waals surface area (Å²) in [7, 11) is 0. The summed E-state index contributed by atoms with van der Waals surface area (Å²) < 4.78 is 39.7. The molecule has 1 amide bonds. The van der Waals surface area contributed by atoms with Gasteiger partial charge in [-0.25, -0.2) is 0 Å². The second-order valence-electron chi connectivity index (χ2n) is 6.56. The van der Waals surface area contributed by atoms with E-state index >= 15 is 0 Å². The van der Waals surface area contributed by atoms with Crippen LogP contribution in [0.1, 0.15) is 26.5 Å². The number of aromatic nitrogens is 1. The fourth-order valence-electron chi connectivity index (χ4n) is 2.11. The molecular formula is C16H17F2N3O4. The number of rotatable bonds is 4. The summed E-state index contributed by atoms with van der Waals surface area (Å²) in [5.41, 5.74) is 0.954. The zero-order valence-corrected chi connectivity index (χ0v) is 13.9. The van der Waals surface area contributed by atoms with Crippen LogP contribution in [0.5, 0.6) is 11.5 Å². The fraction of sp³-hybridized carbons (Fsp3) is 0.375. The highest BCUT2D eigenvalue weighted by molar-refractivity contribution is 5.92. The average Bonchev–Trinajstić information content (AvgIpc) is 3.06. The third-order valence-corrected chi connectivity index (χ3v) is 3.40. The van der Waals surface area contributed by atoms with E-state index in [1.54, 1.807) is 6.07 Å². The van der Waals surface area contributed by atoms with E-state index in [-0.39, 0.29) is 35.3 Å². The maximum atomic E-state index is 13.0. The molecule has 3 rings (SSSR count). The number of carbonyl (C=O) groups excluding carboxylic acids is 1. The number of hydrogen-bond donors (Lipinski definition) is 2. The molecule has 1 aliphatic rings. The summed E-state index contributed by atoms with van der Waals surface area (Å²) in [5.74, 6) is -0.293. The molecule has 1 aromatic carbocycles. The lowest BCUT2D eigenvalue weighted by molar-refractivity contribution is -0.286. The third kappa shape index (κ3) is 3.98. The summed E-state index contributed by atoms with van der Waals surface area (Å²) in [6.45, 7) is 5.82. The van der Waals surface area contributed by atoms with Gasteiger partial charge in [0.1, 0.15) is 0 Å². The number of amides is 1. The van der Waals surface area contributed by atoms with Gasteiger partial charge in [-0.3, -0.25) is 10.1 Å². The van der Waals surface area contributed by atoms with Gasteiger partial charge in [-0.15, -0.1) is 8.78 Å². The second kappa shape index (κ2) is 5.91. The minimum atomic E-state index is -3.67. The molecule has 7 nitrogen and oxygen atoms in total. The van der Waals surface area contributed by atoms with Gasteiger partial charge >= 0.3 is 6.29 Å². The number of benzene rings is 1. The van der Waals surface area contributed by atoms with Crippen molar-refractivity contribution >= 4 is 17.5 Å². The summed E-state index contributed by atoms with van der Waals surface area (Å²) in [6.07, 6.45) is -3.67. The summed E-state index contributed by atoms with van der Waals surface area (Å²) in [4.78, 5) is 11.9. The first kappa shape index (κ1) is 17.0. The molecular weight excluding hydrogens is 336 g/mol. The zero-order chi connectivity index (χ0) is 18.2. The number of halogens is 2. The predicted octanol–water partition coefficient (Wildman–Crippen LogP) is 3.34. The average molecular weight is 353 g/mol. The number of hydrogen-bond acceptors (Lipinski definition) is 6. The lowest BCUT2D eigenvalue weighted by Gasteiger charge is -2.12. The van der Waals surface area contributed by atoms with Gasteiger partial charge in [-0.1, -0.05) is 25.9 Å². The molecule has 0 saturated carbocycles. The molecule has 0 bridgehead atoms. The van der Waals surface area contributed by atoms with Crippen LogP contribution in [0.2, 0.25) is 0 Å². The standard InChI is InChI=1S/C16H17F2N3O4/c1-15(2,3)12-7-14(25-21-12)20-13(22)8-19-9-4-5-10-11(6-9)24-16(17,18)23-10/h4-7,19H,8H2,1-3H3,(H,20,22). The largest absolute Gasteiger partial charge is 0.586 e. The Kier molecular flexibility index (Phi) is 4.02. The van der Waals surface area contributed by atoms with Crippen molar-refractivity contribution in [1.82, 2.24) is 5.16 Å². The zero-order valence-electron chi connectivity index (χ0n) is 13.9. The molecule has 0 saturated heterocycles. The van der Waals surface area contributed by atoms with E-state index < -0.39 is 6.29 Å². The van der Waals surface area contributed by atoms with E-state index in [0.717, 1.165) is 0 Å². The van der Waals surface area contributed by atoms with Gasteiger partial charge in [0.2, 0.25) is 11.8 Å². The Hall–Kier alpha value is -2.84. The SMILES string of the molecule is CC(C)(C)c1cc(NC(=O)CNc2ccc3c(c2)OC(F)(F)O3)on1. The van der Waals surface area contributed by atoms with Gasteiger partial charge in [0, 0.05) is 23.2 Å². The smallest absolute Gasteiger partial charge is 0.395 e. The number of anilines is 2. The lowest BCUT2D eigenvalue weighted by atomic mass is 9.92. The molecule has 0 aliphatic carbocycles. The van der Waals surface area contributed by atoms with E-state index in [9.17, 15) is 13.6 Å². The monoisotopic (exact) mass is 353 g/mol. The molecule has 1 aliphatic heterocycles. The van der Waals surface area contributed by atoms with Crippen LogP contribution in [0.3, 0.4) is 0 Å². The molecule has 134 valence electrons. The predicted molar refractivity (Wildman–Crippen MR) is 85.0 cm³/mol. The normalized spacial score (nSPS) is 15.1. The summed E-state index contributed by atoms with van der Waals surface area (Å²) >= 11 is 0. The van der Waals surface area contributed by atoms with Gasteiger partial charge in [0.25, 0.3) is 0 Å². The Morgan fingerprint density at radius 3 is 2.60 bits per heavy atom. The van der Waals surface area contributed by atoms with E-state index in [1.807, 2.05) is 20.8 Å². The van der Waals surface area contributed by atoms with Crippen molar-refractivity contribution in [2.45, 2.75) is 32.5 Å². The van der Waals surface area contributed by atoms with Gasteiger partial charge in [0.05, 0.1) is 12.2 Å². The molecule has 0 fully saturated rings. The van der Waals surface area contributed by atoms with E-state index in [0.29, 0.717) is 11.4 Å². The number of nitrogens with zero attached hydrogens (tertiary/aromatic N) is 1. The summed E-state index contributed by atoms with van der Waals surface area (Å²) in [6, 6.07) is 5.82. The minimum Gasteiger partial charge on any atom is -0.395 e. The minimum absolute atomic E-state index is 0.0589. The fourth-order valence-corrected chi connectivity index (χ4v) is 2.11. The number of nitrogens with one attached hydrogen (secondary N) is 2. The van der Waals surface area contributed by atoms with Gasteiger partial charge in [-0.2, -0.15) is 0 Å². The van der Waals surface area contributed by atoms with Crippen molar-refractivity contribution in [3.63, 3.8) is 0 Å². The van der Waals surface area contributed by atoms with Crippen LogP contribution in [-0.2, 0) is 10.2 Å². The first-order valence-corrected chi connectivity index (χ1v) is 7.53. The van der Waals surface area contributed by atoms with Crippen LogP contribution >= 0.6 is 0 Å². The topological polar surface area (TPSA) is 85.6 Å². The number of ether oxygens (including phenoxy) is 2. The Labute approximate surface area is 142 Å². The molecule has 0 unspecified atom stereocenters. The molecule has 0 spiro atoms. The maximum absolute atomic E-state index is 13.0. The van der Waals surface area contributed by atoms with Crippen molar-refractivity contribution in [1.29, 1.82) is 0 Å². The van der Waals surface area contributed by atoms with E-state index in [2.05, 4.69) is 25.3 Å². The van der Waals surface area contributed by atoms with Crippen molar-refractivity contribution in [3.8, 4) is 11.5 Å². The molecule has 25 heavy (non-hydrogen) atoms. The Morgan fingerprint density at radius 1 is 1.20 bits per heavy atom. The Bertz CT molecular complexity index is 799. The lowest BCUT2D eigenvalue weighted by Crippen LogP contribution is -2.25. The van der Waals surface area contributed by atoms with Crippen molar-refractivity contribution in [3.05, 3.63) is 30.0 Å². The number of fused-ring (bicyclic) bond motifs is 1. The first-order chi connectivity index (χ1) is 11.6. The van der Waals surface area contributed by atoms with Gasteiger partial charge in [-0.05, 0) is 12.1 Å². The first-order valence-electron chi connectivity index (χ1n) is 7.53. The van der Waals surface area contributed by atoms with Crippen LogP contribution < -0.4 is 20.1 Å². The van der Waals surface area contributed by atoms with Gasteiger partial charge < -0.3 is 19.3 Å². The highest BCUT2D eigenvalue weighted by Gasteiger charge is 2.43. The van der Waals surface area contributed by atoms with Crippen LogP contribution in [-0.4, -0.2) is 23.9 Å². The molecule has 1 aromatic heterocycles. The maximum Gasteiger partial charge on any atom is 0.586 e. The second-order valence-corrected chi connectivity index (χ2v) is 6.56. The molecule has 9 heteroatoms. The highest BCUT2D eigenvalue weighted by Crippen LogP contribution is 2.42. The molecule has 0 radical (unpaired) electrons. The van der Waals surface area contributed by atoms with E-state index in [4.69, 9.17) is 4.52 Å². The van der Waals surface area contributed by atoms with Crippen LogP contribution in [0.15, 0.2) is 28.8 Å². The number of alkyl halides is 2. The summed E-state index contributed by atoms with van der Waals surface area (Å²) in [5, 5.41) is 9.27. The van der Waals surface area contributed by atoms with Crippen molar-refractivity contribution in [2.24, 2.45) is 0 Å². The third-order valence-electron chi connectivity index (χ3n) is 3.40. The van der Waals surface area contributed by atoms with Gasteiger partial charge in [0.15, 0.2) is 11.5 Å². The molecule has 2 N–H and O–H groups in total. The molecule has 2 aromatic rings.